The quantitative estimate of drug-likeness (QED) is 0.549. The van der Waals surface area contributed by atoms with E-state index in [1.54, 1.807) is 11.8 Å². The average molecular weight is 327 g/mol. The van der Waals surface area contributed by atoms with Crippen molar-refractivity contribution in [2.75, 3.05) is 18.1 Å². The molecule has 2 N–H and O–H groups in total. The third-order valence-electron chi connectivity index (χ3n) is 4.22. The van der Waals surface area contributed by atoms with Crippen molar-refractivity contribution in [2.24, 2.45) is 0 Å². The monoisotopic (exact) mass is 327 g/mol. The van der Waals surface area contributed by atoms with Crippen molar-refractivity contribution in [3.8, 4) is 0 Å². The van der Waals surface area contributed by atoms with Crippen molar-refractivity contribution in [3.63, 3.8) is 0 Å². The van der Waals surface area contributed by atoms with Gasteiger partial charge in [-0.25, -0.2) is 4.79 Å². The number of imide groups is 1. The van der Waals surface area contributed by atoms with Gasteiger partial charge in [0.15, 0.2) is 0 Å². The molecule has 0 aromatic carbocycles. The number of urea groups is 1. The molecule has 2 fully saturated rings. The van der Waals surface area contributed by atoms with E-state index in [0.29, 0.717) is 12.2 Å². The van der Waals surface area contributed by atoms with Gasteiger partial charge in [-0.05, 0) is 25.5 Å². The Hall–Kier alpha value is -1.24. The van der Waals surface area contributed by atoms with Gasteiger partial charge in [-0.3, -0.25) is 14.5 Å². The molecule has 2 aliphatic rings. The Labute approximate surface area is 135 Å². The Morgan fingerprint density at radius 3 is 2.86 bits per heavy atom. The molecule has 0 aliphatic carbocycles. The molecule has 6 nitrogen and oxygen atoms in total. The molecule has 124 valence electrons. The molecule has 4 amide bonds. The predicted molar refractivity (Wildman–Crippen MR) is 86.7 cm³/mol. The molecule has 7 heteroatoms. The first-order valence-corrected chi connectivity index (χ1v) is 9.15. The van der Waals surface area contributed by atoms with Crippen molar-refractivity contribution >= 4 is 29.6 Å². The van der Waals surface area contributed by atoms with Gasteiger partial charge in [0.05, 0.1) is 0 Å². The van der Waals surface area contributed by atoms with Crippen LogP contribution in [0.3, 0.4) is 0 Å². The lowest BCUT2D eigenvalue weighted by atomic mass is 9.99. The largest absolute Gasteiger partial charge is 0.352 e. The van der Waals surface area contributed by atoms with Gasteiger partial charge in [0, 0.05) is 11.8 Å². The molecule has 1 spiro atoms. The first-order chi connectivity index (χ1) is 10.5. The molecular formula is C15H25N3O3S. The van der Waals surface area contributed by atoms with Crippen molar-refractivity contribution in [1.82, 2.24) is 15.5 Å². The van der Waals surface area contributed by atoms with E-state index >= 15 is 0 Å². The minimum Gasteiger partial charge on any atom is -0.352 e. The summed E-state index contributed by atoms with van der Waals surface area (Å²) in [6, 6.07) is -0.378. The maximum Gasteiger partial charge on any atom is 0.325 e. The van der Waals surface area contributed by atoms with Crippen LogP contribution in [0.25, 0.3) is 0 Å². The summed E-state index contributed by atoms with van der Waals surface area (Å²) in [5.74, 6) is 0.940. The van der Waals surface area contributed by atoms with E-state index in [0.717, 1.165) is 36.3 Å². The second-order valence-corrected chi connectivity index (χ2v) is 7.28. The van der Waals surface area contributed by atoms with Crippen molar-refractivity contribution in [1.29, 1.82) is 0 Å². The summed E-state index contributed by atoms with van der Waals surface area (Å²) in [6.07, 6.45) is 4.92. The zero-order valence-electron chi connectivity index (χ0n) is 13.3. The fourth-order valence-electron chi connectivity index (χ4n) is 2.89. The molecule has 2 atom stereocenters. The number of nitrogens with one attached hydrogen (secondary N) is 2. The van der Waals surface area contributed by atoms with Gasteiger partial charge in [-0.2, -0.15) is 11.8 Å². The van der Waals surface area contributed by atoms with Crippen LogP contribution in [-0.2, 0) is 9.59 Å². The maximum atomic E-state index is 12.4. The minimum atomic E-state index is -0.769. The Morgan fingerprint density at radius 2 is 2.23 bits per heavy atom. The summed E-state index contributed by atoms with van der Waals surface area (Å²) >= 11 is 1.66. The fourth-order valence-corrected chi connectivity index (χ4v) is 4.21. The highest BCUT2D eigenvalue weighted by Gasteiger charge is 2.53. The molecule has 2 unspecified atom stereocenters. The highest BCUT2D eigenvalue weighted by Crippen LogP contribution is 2.33. The van der Waals surface area contributed by atoms with Gasteiger partial charge in [-0.15, -0.1) is 0 Å². The number of nitrogens with zero attached hydrogens (tertiary/aromatic N) is 1. The van der Waals surface area contributed by atoms with E-state index in [2.05, 4.69) is 17.6 Å². The van der Waals surface area contributed by atoms with Gasteiger partial charge in [0.25, 0.3) is 5.91 Å². The summed E-state index contributed by atoms with van der Waals surface area (Å²) in [7, 11) is 0. The molecule has 2 saturated heterocycles. The highest BCUT2D eigenvalue weighted by atomic mass is 32.2. The topological polar surface area (TPSA) is 78.5 Å². The number of amides is 4. The summed E-state index contributed by atoms with van der Waals surface area (Å²) < 4.78 is 0. The Balaban J connectivity index is 1.83. The van der Waals surface area contributed by atoms with Crippen LogP contribution in [0.15, 0.2) is 0 Å². The van der Waals surface area contributed by atoms with Gasteiger partial charge in [-0.1, -0.05) is 26.2 Å². The van der Waals surface area contributed by atoms with Crippen LogP contribution in [0.4, 0.5) is 4.79 Å². The lowest BCUT2D eigenvalue weighted by Gasteiger charge is -2.20. The standard InChI is InChI=1S/C15H25N3O3S/c1-3-4-5-6-11(2)16-12(19)9-18-13(20)15(17-14(18)21)7-8-22-10-15/h11H,3-10H2,1-2H3,(H,16,19)(H,17,21). The smallest absolute Gasteiger partial charge is 0.325 e. The second-order valence-electron chi connectivity index (χ2n) is 6.17. The number of rotatable bonds is 7. The maximum absolute atomic E-state index is 12.4. The number of carbonyl (C=O) groups is 3. The molecule has 0 aromatic heterocycles. The second kappa shape index (κ2) is 7.35. The Morgan fingerprint density at radius 1 is 1.45 bits per heavy atom. The molecule has 0 aromatic rings. The minimum absolute atomic E-state index is 0.0656. The first kappa shape index (κ1) is 17.1. The fraction of sp³-hybridized carbons (Fsp3) is 0.800. The summed E-state index contributed by atoms with van der Waals surface area (Å²) in [5, 5.41) is 5.63. The summed E-state index contributed by atoms with van der Waals surface area (Å²) in [6.45, 7) is 3.90. The lowest BCUT2D eigenvalue weighted by molar-refractivity contribution is -0.134. The summed E-state index contributed by atoms with van der Waals surface area (Å²) in [5.41, 5.74) is -0.769. The number of unbranched alkanes of at least 4 members (excludes halogenated alkanes) is 2. The predicted octanol–water partition coefficient (Wildman–Crippen LogP) is 1.50. The van der Waals surface area contributed by atoms with Crippen LogP contribution in [0, 0.1) is 0 Å². The Bertz CT molecular complexity index is 449. The van der Waals surface area contributed by atoms with Crippen molar-refractivity contribution in [3.05, 3.63) is 0 Å². The van der Waals surface area contributed by atoms with E-state index in [1.807, 2.05) is 6.92 Å². The van der Waals surface area contributed by atoms with Crippen LogP contribution in [0.1, 0.15) is 46.0 Å². The first-order valence-electron chi connectivity index (χ1n) is 8.00. The average Bonchev–Trinajstić information content (AvgIpc) is 3.01. The molecule has 0 bridgehead atoms. The van der Waals surface area contributed by atoms with Crippen LogP contribution < -0.4 is 10.6 Å². The zero-order valence-corrected chi connectivity index (χ0v) is 14.1. The van der Waals surface area contributed by atoms with Gasteiger partial charge >= 0.3 is 6.03 Å². The van der Waals surface area contributed by atoms with Crippen LogP contribution in [0.2, 0.25) is 0 Å². The number of carbonyl (C=O) groups excluding carboxylic acids is 3. The van der Waals surface area contributed by atoms with Crippen LogP contribution in [0.5, 0.6) is 0 Å². The summed E-state index contributed by atoms with van der Waals surface area (Å²) in [4.78, 5) is 37.5. The third-order valence-corrected chi connectivity index (χ3v) is 5.41. The zero-order chi connectivity index (χ0) is 16.2. The number of hydrogen-bond donors (Lipinski definition) is 2. The third kappa shape index (κ3) is 3.74. The van der Waals surface area contributed by atoms with E-state index in [9.17, 15) is 14.4 Å². The van der Waals surface area contributed by atoms with E-state index < -0.39 is 11.6 Å². The van der Waals surface area contributed by atoms with E-state index in [1.165, 1.54) is 0 Å². The molecule has 2 aliphatic heterocycles. The molecule has 0 saturated carbocycles. The lowest BCUT2D eigenvalue weighted by Crippen LogP contribution is -2.48. The van der Waals surface area contributed by atoms with E-state index in [-0.39, 0.29) is 24.4 Å². The van der Waals surface area contributed by atoms with E-state index in [4.69, 9.17) is 0 Å². The number of thioether (sulfide) groups is 1. The van der Waals surface area contributed by atoms with Gasteiger partial charge in [0.1, 0.15) is 12.1 Å². The van der Waals surface area contributed by atoms with Crippen molar-refractivity contribution < 1.29 is 14.4 Å². The number of hydrogen-bond acceptors (Lipinski definition) is 4. The highest BCUT2D eigenvalue weighted by molar-refractivity contribution is 7.99. The Kier molecular flexibility index (Phi) is 5.72. The van der Waals surface area contributed by atoms with Crippen LogP contribution in [-0.4, -0.2) is 52.4 Å². The van der Waals surface area contributed by atoms with Crippen LogP contribution >= 0.6 is 11.8 Å². The molecule has 22 heavy (non-hydrogen) atoms. The molecule has 2 rings (SSSR count). The van der Waals surface area contributed by atoms with Crippen molar-refractivity contribution in [2.45, 2.75) is 57.5 Å². The van der Waals surface area contributed by atoms with Gasteiger partial charge < -0.3 is 10.6 Å². The molecule has 2 heterocycles. The normalized spacial score (nSPS) is 25.6. The molecular weight excluding hydrogens is 302 g/mol. The SMILES string of the molecule is CCCCCC(C)NC(=O)CN1C(=O)NC2(CCSC2)C1=O. The van der Waals surface area contributed by atoms with Gasteiger partial charge in [0.2, 0.25) is 5.91 Å². The molecule has 0 radical (unpaired) electrons.